The van der Waals surface area contributed by atoms with Crippen molar-refractivity contribution in [3.05, 3.63) is 48.6 Å². The van der Waals surface area contributed by atoms with E-state index in [0.717, 1.165) is 77.0 Å². The number of rotatable bonds is 34. The molecule has 278 valence electrons. The van der Waals surface area contributed by atoms with E-state index in [1.807, 2.05) is 0 Å². The zero-order valence-electron chi connectivity index (χ0n) is 30.4. The first-order valence-electron chi connectivity index (χ1n) is 18.9. The molecule has 0 aliphatic heterocycles. The zero-order valence-corrected chi connectivity index (χ0v) is 31.3. The molecule has 0 saturated heterocycles. The average Bonchev–Trinajstić information content (AvgIpc) is 3.05. The maximum Gasteiger partial charge on any atom is 0.469 e. The predicted octanol–water partition coefficient (Wildman–Crippen LogP) is 11.2. The van der Waals surface area contributed by atoms with Crippen molar-refractivity contribution < 1.29 is 37.9 Å². The van der Waals surface area contributed by atoms with Crippen molar-refractivity contribution >= 4 is 19.8 Å². The number of hydrogen-bond acceptors (Lipinski definition) is 6. The fourth-order valence-electron chi connectivity index (χ4n) is 4.96. The van der Waals surface area contributed by atoms with Crippen LogP contribution in [-0.4, -0.2) is 41.0 Å². The van der Waals surface area contributed by atoms with Crippen molar-refractivity contribution in [1.29, 1.82) is 0 Å². The van der Waals surface area contributed by atoms with Crippen LogP contribution in [0.25, 0.3) is 0 Å². The van der Waals surface area contributed by atoms with Crippen LogP contribution in [-0.2, 0) is 28.2 Å². The fraction of sp³-hybridized carbons (Fsp3) is 0.744. The van der Waals surface area contributed by atoms with Crippen LogP contribution >= 0.6 is 7.82 Å². The van der Waals surface area contributed by atoms with Gasteiger partial charge in [0.1, 0.15) is 6.61 Å². The molecule has 0 fully saturated rings. The number of unbranched alkanes of at least 4 members (excludes halogenated alkanes) is 16. The number of ether oxygens (including phenoxy) is 2. The maximum absolute atomic E-state index is 12.4. The third kappa shape index (κ3) is 36.8. The molecular formula is C39H69O8P. The lowest BCUT2D eigenvalue weighted by molar-refractivity contribution is -0.161. The highest BCUT2D eigenvalue weighted by Crippen LogP contribution is 2.36. The normalized spacial score (nSPS) is 13.0. The van der Waals surface area contributed by atoms with Gasteiger partial charge >= 0.3 is 19.8 Å². The standard InChI is InChI=1S/C39H69O8P/c1-3-5-7-9-11-13-15-17-19-21-23-25-27-29-31-33-38(40)45-35-37(36-46-48(42,43)44)47-39(41)34-32-30-28-26-24-22-20-18-16-14-12-10-8-6-4-2/h11-14,17-20,37H,3-10,15-16,21-36H2,1-2H3,(H2,42,43,44)/b13-11+,14-12+,19-17+,20-18+. The van der Waals surface area contributed by atoms with E-state index < -0.39 is 32.5 Å². The molecule has 0 spiro atoms. The number of phosphoric ester groups is 1. The molecule has 9 heteroatoms. The molecule has 0 radical (unpaired) electrons. The quantitative estimate of drug-likeness (QED) is 0.0295. The van der Waals surface area contributed by atoms with E-state index in [2.05, 4.69) is 67.0 Å². The van der Waals surface area contributed by atoms with Crippen LogP contribution in [0.4, 0.5) is 0 Å². The summed E-state index contributed by atoms with van der Waals surface area (Å²) in [6, 6.07) is 0. The van der Waals surface area contributed by atoms with Gasteiger partial charge in [-0.1, -0.05) is 127 Å². The van der Waals surface area contributed by atoms with Gasteiger partial charge < -0.3 is 19.3 Å². The third-order valence-corrected chi connectivity index (χ3v) is 8.31. The minimum absolute atomic E-state index is 0.191. The summed E-state index contributed by atoms with van der Waals surface area (Å²) in [5.74, 6) is -0.920. The first-order valence-corrected chi connectivity index (χ1v) is 20.5. The first kappa shape index (κ1) is 46.0. The Balaban J connectivity index is 4.03. The van der Waals surface area contributed by atoms with Gasteiger partial charge in [0, 0.05) is 12.8 Å². The molecular weight excluding hydrogens is 627 g/mol. The van der Waals surface area contributed by atoms with E-state index in [1.165, 1.54) is 51.4 Å². The van der Waals surface area contributed by atoms with E-state index in [1.54, 1.807) is 0 Å². The number of carbonyl (C=O) groups excluding carboxylic acids is 2. The van der Waals surface area contributed by atoms with Gasteiger partial charge in [-0.3, -0.25) is 14.1 Å². The van der Waals surface area contributed by atoms with Gasteiger partial charge in [0.25, 0.3) is 0 Å². The van der Waals surface area contributed by atoms with Gasteiger partial charge in [-0.15, -0.1) is 0 Å². The summed E-state index contributed by atoms with van der Waals surface area (Å²) in [7, 11) is -4.76. The first-order chi connectivity index (χ1) is 23.3. The summed E-state index contributed by atoms with van der Waals surface area (Å²) in [6.07, 6.45) is 41.1. The number of carbonyl (C=O) groups is 2. The molecule has 1 atom stereocenters. The van der Waals surface area contributed by atoms with E-state index in [4.69, 9.17) is 19.3 Å². The van der Waals surface area contributed by atoms with Crippen molar-refractivity contribution in [2.75, 3.05) is 13.2 Å². The van der Waals surface area contributed by atoms with Gasteiger partial charge in [-0.05, 0) is 77.0 Å². The lowest BCUT2D eigenvalue weighted by Crippen LogP contribution is -2.29. The maximum atomic E-state index is 12.4. The van der Waals surface area contributed by atoms with E-state index >= 15 is 0 Å². The summed E-state index contributed by atoms with van der Waals surface area (Å²) in [5.41, 5.74) is 0. The van der Waals surface area contributed by atoms with E-state index in [0.29, 0.717) is 12.8 Å². The van der Waals surface area contributed by atoms with Crippen LogP contribution < -0.4 is 0 Å². The molecule has 0 aliphatic carbocycles. The van der Waals surface area contributed by atoms with Crippen molar-refractivity contribution in [2.45, 2.75) is 174 Å². The number of phosphoric acid groups is 1. The topological polar surface area (TPSA) is 119 Å². The Morgan fingerprint density at radius 2 is 0.938 bits per heavy atom. The van der Waals surface area contributed by atoms with Crippen LogP contribution in [0.2, 0.25) is 0 Å². The monoisotopic (exact) mass is 696 g/mol. The van der Waals surface area contributed by atoms with Crippen molar-refractivity contribution in [2.24, 2.45) is 0 Å². The van der Waals surface area contributed by atoms with Crippen molar-refractivity contribution in [1.82, 2.24) is 0 Å². The second-order valence-corrected chi connectivity index (χ2v) is 13.8. The fourth-order valence-corrected chi connectivity index (χ4v) is 5.32. The Hall–Kier alpha value is -1.99. The van der Waals surface area contributed by atoms with Crippen LogP contribution in [0.3, 0.4) is 0 Å². The Kier molecular flexibility index (Phi) is 33.4. The second-order valence-electron chi connectivity index (χ2n) is 12.5. The smallest absolute Gasteiger partial charge is 0.462 e. The van der Waals surface area contributed by atoms with Crippen LogP contribution in [0, 0.1) is 0 Å². The Morgan fingerprint density at radius 3 is 1.38 bits per heavy atom. The van der Waals surface area contributed by atoms with Gasteiger partial charge in [0.15, 0.2) is 6.10 Å². The van der Waals surface area contributed by atoms with E-state index in [-0.39, 0.29) is 19.4 Å². The number of esters is 2. The molecule has 2 N–H and O–H groups in total. The highest BCUT2D eigenvalue weighted by Gasteiger charge is 2.22. The Bertz CT molecular complexity index is 921. The lowest BCUT2D eigenvalue weighted by atomic mass is 10.1. The average molecular weight is 697 g/mol. The molecule has 0 bridgehead atoms. The summed E-state index contributed by atoms with van der Waals surface area (Å²) in [4.78, 5) is 42.7. The molecule has 0 saturated carbocycles. The third-order valence-electron chi connectivity index (χ3n) is 7.82. The second kappa shape index (κ2) is 34.9. The van der Waals surface area contributed by atoms with Gasteiger partial charge in [-0.2, -0.15) is 0 Å². The van der Waals surface area contributed by atoms with Crippen molar-refractivity contribution in [3.63, 3.8) is 0 Å². The number of hydrogen-bond donors (Lipinski definition) is 2. The van der Waals surface area contributed by atoms with Gasteiger partial charge in [-0.25, -0.2) is 4.57 Å². The molecule has 0 aromatic heterocycles. The predicted molar refractivity (Wildman–Crippen MR) is 198 cm³/mol. The largest absolute Gasteiger partial charge is 0.469 e. The Morgan fingerprint density at radius 1 is 0.542 bits per heavy atom. The summed E-state index contributed by atoms with van der Waals surface area (Å²) >= 11 is 0. The molecule has 1 unspecified atom stereocenters. The zero-order chi connectivity index (χ0) is 35.4. The molecule has 0 amide bonds. The highest BCUT2D eigenvalue weighted by molar-refractivity contribution is 7.46. The highest BCUT2D eigenvalue weighted by atomic mass is 31.2. The van der Waals surface area contributed by atoms with Gasteiger partial charge in [0.2, 0.25) is 0 Å². The minimum Gasteiger partial charge on any atom is -0.462 e. The minimum atomic E-state index is -4.76. The summed E-state index contributed by atoms with van der Waals surface area (Å²) < 4.78 is 26.3. The van der Waals surface area contributed by atoms with Crippen LogP contribution in [0.5, 0.6) is 0 Å². The SMILES string of the molecule is CCCCC/C=C/C/C=C/CCCCCCCC(=O)OCC(COP(=O)(O)O)OC(=O)CCCCCCC/C=C/C/C=C/CCCCC. The summed E-state index contributed by atoms with van der Waals surface area (Å²) in [5, 5.41) is 0. The van der Waals surface area contributed by atoms with Crippen LogP contribution in [0.15, 0.2) is 48.6 Å². The van der Waals surface area contributed by atoms with E-state index in [9.17, 15) is 14.2 Å². The molecule has 0 heterocycles. The van der Waals surface area contributed by atoms with Crippen LogP contribution in [0.1, 0.15) is 168 Å². The summed E-state index contributed by atoms with van der Waals surface area (Å²) in [6.45, 7) is 3.59. The molecule has 0 rings (SSSR count). The number of allylic oxidation sites excluding steroid dienone is 8. The van der Waals surface area contributed by atoms with Crippen molar-refractivity contribution in [3.8, 4) is 0 Å². The lowest BCUT2D eigenvalue weighted by Gasteiger charge is -2.18. The molecule has 0 aromatic carbocycles. The molecule has 0 aromatic rings. The molecule has 48 heavy (non-hydrogen) atoms. The Labute approximate surface area is 293 Å². The molecule has 8 nitrogen and oxygen atoms in total. The molecule has 0 aliphatic rings. The van der Waals surface area contributed by atoms with Gasteiger partial charge in [0.05, 0.1) is 6.61 Å².